The van der Waals surface area contributed by atoms with Crippen LogP contribution in [-0.4, -0.2) is 41.6 Å². The Bertz CT molecular complexity index is 315. The number of hydrogen-bond donors (Lipinski definition) is 2. The van der Waals surface area contributed by atoms with E-state index in [1.165, 1.54) is 0 Å². The van der Waals surface area contributed by atoms with Gasteiger partial charge in [0.15, 0.2) is 0 Å². The fourth-order valence-corrected chi connectivity index (χ4v) is 1.88. The third-order valence-corrected chi connectivity index (χ3v) is 3.11. The van der Waals surface area contributed by atoms with E-state index in [1.807, 2.05) is 13.0 Å². The molecular formula is C13H22N2O3. The van der Waals surface area contributed by atoms with E-state index in [-0.39, 0.29) is 12.5 Å². The normalized spacial score (nSPS) is 16.4. The van der Waals surface area contributed by atoms with Gasteiger partial charge in [0.05, 0.1) is 0 Å². The predicted molar refractivity (Wildman–Crippen MR) is 69.4 cm³/mol. The molecule has 0 bridgehead atoms. The number of carbonyl (C=O) groups excluding carboxylic acids is 1. The van der Waals surface area contributed by atoms with Gasteiger partial charge in [0.1, 0.15) is 0 Å². The minimum atomic E-state index is -0.758. The molecule has 0 fully saturated rings. The standard InChI is InChI=1S/C13H22N2O3/c1-11(5-6-12(16)17)7-8-14-13(18)15-9-3-2-4-10-15/h2-3,11H,4-10H2,1H3,(H,14,18)(H,16,17). The molecule has 0 saturated heterocycles. The number of carbonyl (C=O) groups is 2. The van der Waals surface area contributed by atoms with E-state index in [0.717, 1.165) is 19.4 Å². The van der Waals surface area contributed by atoms with E-state index in [4.69, 9.17) is 5.11 Å². The summed E-state index contributed by atoms with van der Waals surface area (Å²) in [5.74, 6) is -0.436. The fraction of sp³-hybridized carbons (Fsp3) is 0.692. The lowest BCUT2D eigenvalue weighted by molar-refractivity contribution is -0.137. The van der Waals surface area contributed by atoms with Gasteiger partial charge in [0.2, 0.25) is 0 Å². The fourth-order valence-electron chi connectivity index (χ4n) is 1.88. The first-order valence-corrected chi connectivity index (χ1v) is 6.49. The average Bonchev–Trinajstić information content (AvgIpc) is 2.37. The zero-order valence-electron chi connectivity index (χ0n) is 10.9. The first-order chi connectivity index (χ1) is 8.59. The van der Waals surface area contributed by atoms with Crippen molar-refractivity contribution in [3.63, 3.8) is 0 Å². The van der Waals surface area contributed by atoms with Gasteiger partial charge in [-0.15, -0.1) is 0 Å². The third-order valence-electron chi connectivity index (χ3n) is 3.11. The summed E-state index contributed by atoms with van der Waals surface area (Å²) in [7, 11) is 0. The highest BCUT2D eigenvalue weighted by molar-refractivity contribution is 5.74. The molecular weight excluding hydrogens is 232 g/mol. The van der Waals surface area contributed by atoms with Crippen molar-refractivity contribution in [1.29, 1.82) is 0 Å². The van der Waals surface area contributed by atoms with Gasteiger partial charge in [0.25, 0.3) is 0 Å². The van der Waals surface area contributed by atoms with Crippen LogP contribution in [0.4, 0.5) is 4.79 Å². The lowest BCUT2D eigenvalue weighted by atomic mass is 10.0. The maximum Gasteiger partial charge on any atom is 0.317 e. The van der Waals surface area contributed by atoms with Crippen molar-refractivity contribution in [2.75, 3.05) is 19.6 Å². The highest BCUT2D eigenvalue weighted by Gasteiger charge is 2.13. The zero-order chi connectivity index (χ0) is 13.4. The van der Waals surface area contributed by atoms with Gasteiger partial charge in [-0.2, -0.15) is 0 Å². The van der Waals surface area contributed by atoms with Crippen LogP contribution in [0.15, 0.2) is 12.2 Å². The Hall–Kier alpha value is -1.52. The van der Waals surface area contributed by atoms with E-state index >= 15 is 0 Å². The summed E-state index contributed by atoms with van der Waals surface area (Å²) in [6, 6.07) is -0.0233. The Labute approximate surface area is 108 Å². The molecule has 1 aliphatic heterocycles. The summed E-state index contributed by atoms with van der Waals surface area (Å²) in [6.07, 6.45) is 6.69. The molecule has 0 aromatic heterocycles. The molecule has 0 saturated carbocycles. The molecule has 0 aromatic carbocycles. The highest BCUT2D eigenvalue weighted by Crippen LogP contribution is 2.09. The lowest BCUT2D eigenvalue weighted by Crippen LogP contribution is -2.42. The zero-order valence-corrected chi connectivity index (χ0v) is 10.9. The van der Waals surface area contributed by atoms with Crippen LogP contribution in [0.3, 0.4) is 0 Å². The Morgan fingerprint density at radius 3 is 2.78 bits per heavy atom. The molecule has 1 aliphatic rings. The van der Waals surface area contributed by atoms with Crippen molar-refractivity contribution in [3.8, 4) is 0 Å². The van der Waals surface area contributed by atoms with Gasteiger partial charge in [-0.05, 0) is 25.2 Å². The number of hydrogen-bond acceptors (Lipinski definition) is 2. The Balaban J connectivity index is 2.11. The molecule has 1 atom stereocenters. The van der Waals surface area contributed by atoms with Crippen LogP contribution in [0, 0.1) is 5.92 Å². The first-order valence-electron chi connectivity index (χ1n) is 6.49. The average molecular weight is 254 g/mol. The smallest absolute Gasteiger partial charge is 0.317 e. The molecule has 5 nitrogen and oxygen atoms in total. The Morgan fingerprint density at radius 1 is 1.39 bits per heavy atom. The second kappa shape index (κ2) is 7.74. The number of nitrogens with zero attached hydrogens (tertiary/aromatic N) is 1. The summed E-state index contributed by atoms with van der Waals surface area (Å²) in [5, 5.41) is 11.4. The van der Waals surface area contributed by atoms with Gasteiger partial charge in [-0.3, -0.25) is 4.79 Å². The molecule has 1 heterocycles. The minimum Gasteiger partial charge on any atom is -0.481 e. The van der Waals surface area contributed by atoms with E-state index in [9.17, 15) is 9.59 Å². The number of carboxylic acids is 1. The van der Waals surface area contributed by atoms with Gasteiger partial charge in [-0.1, -0.05) is 19.1 Å². The molecule has 1 unspecified atom stereocenters. The van der Waals surface area contributed by atoms with E-state index in [1.54, 1.807) is 4.90 Å². The molecule has 0 radical (unpaired) electrons. The summed E-state index contributed by atoms with van der Waals surface area (Å²) in [5.41, 5.74) is 0. The number of urea groups is 1. The summed E-state index contributed by atoms with van der Waals surface area (Å²) in [6.45, 7) is 4.08. The lowest BCUT2D eigenvalue weighted by Gasteiger charge is -2.24. The van der Waals surface area contributed by atoms with Gasteiger partial charge in [0, 0.05) is 26.1 Å². The van der Waals surface area contributed by atoms with Gasteiger partial charge < -0.3 is 15.3 Å². The minimum absolute atomic E-state index is 0.0233. The Kier molecular flexibility index (Phi) is 6.25. The maximum absolute atomic E-state index is 11.7. The second-order valence-electron chi connectivity index (χ2n) is 4.76. The molecule has 0 aromatic rings. The van der Waals surface area contributed by atoms with Crippen molar-refractivity contribution in [1.82, 2.24) is 10.2 Å². The molecule has 5 heteroatoms. The van der Waals surface area contributed by atoms with Crippen molar-refractivity contribution < 1.29 is 14.7 Å². The number of nitrogens with one attached hydrogen (secondary N) is 1. The molecule has 2 N–H and O–H groups in total. The summed E-state index contributed by atoms with van der Waals surface area (Å²) >= 11 is 0. The molecule has 0 aliphatic carbocycles. The second-order valence-corrected chi connectivity index (χ2v) is 4.76. The van der Waals surface area contributed by atoms with Crippen LogP contribution in [-0.2, 0) is 4.79 Å². The third kappa shape index (κ3) is 5.70. The van der Waals surface area contributed by atoms with Crippen LogP contribution >= 0.6 is 0 Å². The number of carboxylic acid groups (broad SMARTS) is 1. The summed E-state index contributed by atoms with van der Waals surface area (Å²) in [4.78, 5) is 23.9. The monoisotopic (exact) mass is 254 g/mol. The molecule has 0 spiro atoms. The van der Waals surface area contributed by atoms with E-state index in [2.05, 4.69) is 11.4 Å². The highest BCUT2D eigenvalue weighted by atomic mass is 16.4. The van der Waals surface area contributed by atoms with Crippen molar-refractivity contribution in [2.45, 2.75) is 32.6 Å². The van der Waals surface area contributed by atoms with Crippen LogP contribution in [0.25, 0.3) is 0 Å². The first kappa shape index (κ1) is 14.5. The molecule has 102 valence electrons. The van der Waals surface area contributed by atoms with Crippen LogP contribution < -0.4 is 5.32 Å². The van der Waals surface area contributed by atoms with Crippen LogP contribution in [0.5, 0.6) is 0 Å². The predicted octanol–water partition coefficient (Wildman–Crippen LogP) is 1.85. The largest absolute Gasteiger partial charge is 0.481 e. The van der Waals surface area contributed by atoms with Crippen molar-refractivity contribution >= 4 is 12.0 Å². The number of aliphatic carboxylic acids is 1. The number of rotatable bonds is 6. The van der Waals surface area contributed by atoms with Crippen molar-refractivity contribution in [3.05, 3.63) is 12.2 Å². The Morgan fingerprint density at radius 2 is 2.17 bits per heavy atom. The van der Waals surface area contributed by atoms with E-state index in [0.29, 0.717) is 25.4 Å². The van der Waals surface area contributed by atoms with Crippen LogP contribution in [0.2, 0.25) is 0 Å². The van der Waals surface area contributed by atoms with Crippen molar-refractivity contribution in [2.24, 2.45) is 5.92 Å². The quantitative estimate of drug-likeness (QED) is 0.711. The van der Waals surface area contributed by atoms with Gasteiger partial charge >= 0.3 is 12.0 Å². The maximum atomic E-state index is 11.7. The molecule has 18 heavy (non-hydrogen) atoms. The number of amides is 2. The van der Waals surface area contributed by atoms with Crippen LogP contribution in [0.1, 0.15) is 32.6 Å². The molecule has 2 amide bonds. The van der Waals surface area contributed by atoms with E-state index < -0.39 is 5.97 Å². The van der Waals surface area contributed by atoms with Gasteiger partial charge in [-0.25, -0.2) is 4.79 Å². The topological polar surface area (TPSA) is 69.6 Å². The summed E-state index contributed by atoms with van der Waals surface area (Å²) < 4.78 is 0. The molecule has 1 rings (SSSR count). The SMILES string of the molecule is CC(CCNC(=O)N1CC=CCC1)CCC(=O)O.